The van der Waals surface area contributed by atoms with Gasteiger partial charge in [-0.05, 0) is 36.4 Å². The summed E-state index contributed by atoms with van der Waals surface area (Å²) in [6, 6.07) is 11.7. The van der Waals surface area contributed by atoms with Gasteiger partial charge in [-0.1, -0.05) is 23.2 Å². The summed E-state index contributed by atoms with van der Waals surface area (Å²) in [6.45, 7) is 0.0511. The predicted molar refractivity (Wildman–Crippen MR) is 107 cm³/mol. The average molecular weight is 437 g/mol. The van der Waals surface area contributed by atoms with Gasteiger partial charge in [-0.15, -0.1) is 0 Å². The van der Waals surface area contributed by atoms with Gasteiger partial charge in [0.05, 0.1) is 28.8 Å². The number of nitrogens with zero attached hydrogens (tertiary/aromatic N) is 1. The second kappa shape index (κ2) is 8.85. The second-order valence-corrected chi connectivity index (χ2v) is 6.57. The number of carbonyl (C=O) groups is 1. The zero-order valence-corrected chi connectivity index (χ0v) is 16.5. The van der Waals surface area contributed by atoms with Crippen LogP contribution in [0.15, 0.2) is 52.9 Å². The first-order valence-electron chi connectivity index (χ1n) is 8.17. The average Bonchev–Trinajstić information content (AvgIpc) is 3.16. The number of furan rings is 1. The molecule has 0 saturated heterocycles. The molecule has 0 fully saturated rings. The molecule has 3 rings (SSSR count). The molecule has 2 aromatic carbocycles. The highest BCUT2D eigenvalue weighted by molar-refractivity contribution is 6.35. The molecular weight excluding hydrogens is 423 g/mol. The molecule has 1 amide bonds. The molecule has 0 radical (unpaired) electrons. The Bertz CT molecular complexity index is 1070. The van der Waals surface area contributed by atoms with Gasteiger partial charge in [0.2, 0.25) is 0 Å². The Kier molecular flexibility index (Phi) is 6.26. The number of methoxy groups -OCH3 is 1. The number of amides is 1. The number of rotatable bonds is 7. The number of nitro groups is 1. The predicted octanol–water partition coefficient (Wildman–Crippen LogP) is 5.33. The van der Waals surface area contributed by atoms with E-state index in [4.69, 9.17) is 37.1 Å². The standard InChI is InChI=1S/C19H14Cl2N2O6/c1-27-18-9-12(23(25)26)3-5-15(18)22-19(24)17-7-4-13(29-17)10-28-16-6-2-11(20)8-14(16)21/h2-9H,10H2,1H3,(H,22,24). The highest BCUT2D eigenvalue weighted by Gasteiger charge is 2.17. The molecule has 29 heavy (non-hydrogen) atoms. The molecule has 0 atom stereocenters. The monoisotopic (exact) mass is 436 g/mol. The molecule has 0 aliphatic rings. The first-order valence-corrected chi connectivity index (χ1v) is 8.93. The van der Waals surface area contributed by atoms with Crippen LogP contribution >= 0.6 is 23.2 Å². The molecule has 0 saturated carbocycles. The van der Waals surface area contributed by atoms with Crippen LogP contribution in [0.1, 0.15) is 16.3 Å². The van der Waals surface area contributed by atoms with Crippen molar-refractivity contribution in [2.75, 3.05) is 12.4 Å². The molecular formula is C19H14Cl2N2O6. The van der Waals surface area contributed by atoms with Crippen LogP contribution in [0.3, 0.4) is 0 Å². The molecule has 1 aromatic heterocycles. The van der Waals surface area contributed by atoms with Gasteiger partial charge in [0.1, 0.15) is 23.9 Å². The van der Waals surface area contributed by atoms with Crippen LogP contribution in [0.5, 0.6) is 11.5 Å². The Hall–Kier alpha value is -3.23. The van der Waals surface area contributed by atoms with Crippen molar-refractivity contribution >= 4 is 40.5 Å². The van der Waals surface area contributed by atoms with E-state index in [1.807, 2.05) is 0 Å². The van der Waals surface area contributed by atoms with E-state index in [1.165, 1.54) is 31.4 Å². The van der Waals surface area contributed by atoms with Crippen molar-refractivity contribution in [1.82, 2.24) is 0 Å². The maximum atomic E-state index is 12.4. The van der Waals surface area contributed by atoms with Gasteiger partial charge in [0, 0.05) is 11.1 Å². The molecule has 150 valence electrons. The Balaban J connectivity index is 1.67. The Labute approximate surface area is 175 Å². The van der Waals surface area contributed by atoms with E-state index in [9.17, 15) is 14.9 Å². The highest BCUT2D eigenvalue weighted by Crippen LogP contribution is 2.30. The lowest BCUT2D eigenvalue weighted by molar-refractivity contribution is -0.384. The minimum atomic E-state index is -0.556. The van der Waals surface area contributed by atoms with Crippen LogP contribution in [-0.2, 0) is 6.61 Å². The summed E-state index contributed by atoms with van der Waals surface area (Å²) in [5.74, 6) is 0.463. The Morgan fingerprint density at radius 1 is 1.14 bits per heavy atom. The third-order valence-electron chi connectivity index (χ3n) is 3.79. The van der Waals surface area contributed by atoms with Gasteiger partial charge in [-0.3, -0.25) is 14.9 Å². The van der Waals surface area contributed by atoms with Crippen molar-refractivity contribution in [3.8, 4) is 11.5 Å². The van der Waals surface area contributed by atoms with E-state index in [0.29, 0.717) is 21.6 Å². The third-order valence-corrected chi connectivity index (χ3v) is 4.32. The molecule has 0 aliphatic heterocycles. The summed E-state index contributed by atoms with van der Waals surface area (Å²) in [5, 5.41) is 14.3. The van der Waals surface area contributed by atoms with Gasteiger partial charge in [0.15, 0.2) is 5.76 Å². The first-order chi connectivity index (χ1) is 13.9. The molecule has 0 spiro atoms. The van der Waals surface area contributed by atoms with E-state index in [2.05, 4.69) is 5.32 Å². The van der Waals surface area contributed by atoms with E-state index >= 15 is 0 Å². The van der Waals surface area contributed by atoms with Crippen molar-refractivity contribution < 1.29 is 23.6 Å². The van der Waals surface area contributed by atoms with Crippen molar-refractivity contribution in [2.24, 2.45) is 0 Å². The zero-order chi connectivity index (χ0) is 21.0. The topological polar surface area (TPSA) is 104 Å². The van der Waals surface area contributed by atoms with Gasteiger partial charge < -0.3 is 19.2 Å². The molecule has 10 heteroatoms. The fraction of sp³-hybridized carbons (Fsp3) is 0.105. The second-order valence-electron chi connectivity index (χ2n) is 5.73. The number of hydrogen-bond acceptors (Lipinski definition) is 6. The highest BCUT2D eigenvalue weighted by atomic mass is 35.5. The zero-order valence-electron chi connectivity index (χ0n) is 15.0. The minimum absolute atomic E-state index is 0.0335. The molecule has 3 aromatic rings. The number of carbonyl (C=O) groups excluding carboxylic acids is 1. The van der Waals surface area contributed by atoms with Crippen molar-refractivity contribution in [3.05, 3.63) is 80.2 Å². The Morgan fingerprint density at radius 2 is 1.93 bits per heavy atom. The largest absolute Gasteiger partial charge is 0.494 e. The molecule has 1 N–H and O–H groups in total. The maximum absolute atomic E-state index is 12.4. The van der Waals surface area contributed by atoms with E-state index in [0.717, 1.165) is 0 Å². The molecule has 0 aliphatic carbocycles. The third kappa shape index (κ3) is 4.98. The van der Waals surface area contributed by atoms with Crippen LogP contribution in [0.2, 0.25) is 10.0 Å². The molecule has 0 unspecified atom stereocenters. The SMILES string of the molecule is COc1cc([N+](=O)[O-])ccc1NC(=O)c1ccc(COc2ccc(Cl)cc2Cl)o1. The number of halogens is 2. The van der Waals surface area contributed by atoms with Gasteiger partial charge in [-0.2, -0.15) is 0 Å². The molecule has 0 bridgehead atoms. The smallest absolute Gasteiger partial charge is 0.291 e. The summed E-state index contributed by atoms with van der Waals surface area (Å²) < 4.78 is 16.1. The maximum Gasteiger partial charge on any atom is 0.291 e. The first kappa shape index (κ1) is 20.5. The molecule has 8 nitrogen and oxygen atoms in total. The fourth-order valence-electron chi connectivity index (χ4n) is 2.40. The number of non-ortho nitro benzene ring substituents is 1. The van der Waals surface area contributed by atoms with Gasteiger partial charge >= 0.3 is 0 Å². The summed E-state index contributed by atoms with van der Waals surface area (Å²) in [5.41, 5.74) is 0.114. The Morgan fingerprint density at radius 3 is 2.62 bits per heavy atom. The lowest BCUT2D eigenvalue weighted by Gasteiger charge is -2.09. The van der Waals surface area contributed by atoms with Gasteiger partial charge in [-0.25, -0.2) is 0 Å². The number of ether oxygens (including phenoxy) is 2. The van der Waals surface area contributed by atoms with Crippen molar-refractivity contribution in [1.29, 1.82) is 0 Å². The minimum Gasteiger partial charge on any atom is -0.494 e. The number of nitro benzene ring substituents is 1. The van der Waals surface area contributed by atoms with Crippen LogP contribution < -0.4 is 14.8 Å². The lowest BCUT2D eigenvalue weighted by atomic mass is 10.2. The van der Waals surface area contributed by atoms with E-state index in [1.54, 1.807) is 24.3 Å². The summed E-state index contributed by atoms with van der Waals surface area (Å²) in [6.07, 6.45) is 0. The van der Waals surface area contributed by atoms with E-state index in [-0.39, 0.29) is 29.5 Å². The number of benzene rings is 2. The summed E-state index contributed by atoms with van der Waals surface area (Å²) >= 11 is 11.9. The van der Waals surface area contributed by atoms with Crippen LogP contribution in [0.4, 0.5) is 11.4 Å². The summed E-state index contributed by atoms with van der Waals surface area (Å²) in [7, 11) is 1.35. The van der Waals surface area contributed by atoms with Crippen molar-refractivity contribution in [3.63, 3.8) is 0 Å². The van der Waals surface area contributed by atoms with Crippen molar-refractivity contribution in [2.45, 2.75) is 6.61 Å². The molecule has 1 heterocycles. The van der Waals surface area contributed by atoms with E-state index < -0.39 is 10.8 Å². The lowest BCUT2D eigenvalue weighted by Crippen LogP contribution is -2.12. The summed E-state index contributed by atoms with van der Waals surface area (Å²) in [4.78, 5) is 22.7. The normalized spacial score (nSPS) is 10.4. The van der Waals surface area contributed by atoms with Crippen LogP contribution in [-0.4, -0.2) is 17.9 Å². The van der Waals surface area contributed by atoms with Crippen LogP contribution in [0.25, 0.3) is 0 Å². The number of nitrogens with one attached hydrogen (secondary N) is 1. The quantitative estimate of drug-likeness (QED) is 0.396. The fourth-order valence-corrected chi connectivity index (χ4v) is 2.86. The van der Waals surface area contributed by atoms with Crippen LogP contribution in [0, 0.1) is 10.1 Å². The van der Waals surface area contributed by atoms with Gasteiger partial charge in [0.25, 0.3) is 11.6 Å². The number of hydrogen-bond donors (Lipinski definition) is 1. The number of anilines is 1.